The van der Waals surface area contributed by atoms with Gasteiger partial charge in [0.25, 0.3) is 0 Å². The molecule has 2 aliphatic rings. The molecule has 1 aliphatic carbocycles. The van der Waals surface area contributed by atoms with Crippen molar-refractivity contribution in [1.29, 1.82) is 0 Å². The first-order valence-electron chi connectivity index (χ1n) is 6.54. The van der Waals surface area contributed by atoms with Gasteiger partial charge in [0, 0.05) is 11.4 Å². The minimum absolute atomic E-state index is 0.653. The highest BCUT2D eigenvalue weighted by atomic mass is 32.2. The summed E-state index contributed by atoms with van der Waals surface area (Å²) in [5.41, 5.74) is 1.31. The number of ether oxygens (including phenoxy) is 2. The molecule has 98 valence electrons. The monoisotopic (exact) mass is 265 g/mol. The molecule has 0 spiro atoms. The Bertz CT molecular complexity index is 432. The zero-order valence-electron chi connectivity index (χ0n) is 10.7. The van der Waals surface area contributed by atoms with Crippen LogP contribution in [0.1, 0.15) is 18.4 Å². The van der Waals surface area contributed by atoms with E-state index in [1.54, 1.807) is 11.8 Å². The number of thioether (sulfide) groups is 1. The van der Waals surface area contributed by atoms with E-state index in [1.165, 1.54) is 23.3 Å². The summed E-state index contributed by atoms with van der Waals surface area (Å²) in [6, 6.07) is 4.23. The highest BCUT2D eigenvalue weighted by molar-refractivity contribution is 7.98. The Hall–Kier alpha value is -0.870. The van der Waals surface area contributed by atoms with E-state index in [2.05, 4.69) is 23.7 Å². The summed E-state index contributed by atoms with van der Waals surface area (Å²) in [4.78, 5) is 1.28. The van der Waals surface area contributed by atoms with Crippen molar-refractivity contribution < 1.29 is 9.47 Å². The molecule has 1 aliphatic heterocycles. The van der Waals surface area contributed by atoms with E-state index in [0.717, 1.165) is 30.5 Å². The molecular weight excluding hydrogens is 246 g/mol. The Labute approximate surface area is 112 Å². The van der Waals surface area contributed by atoms with E-state index >= 15 is 0 Å². The molecule has 1 N–H and O–H groups in total. The molecule has 0 unspecified atom stereocenters. The lowest BCUT2D eigenvalue weighted by Gasteiger charge is -2.21. The first-order valence-corrected chi connectivity index (χ1v) is 7.76. The third kappa shape index (κ3) is 2.75. The van der Waals surface area contributed by atoms with Crippen LogP contribution in [-0.4, -0.2) is 26.0 Å². The standard InChI is InChI=1S/C14H19NO2S/c1-18-14-7-13-12(16-4-5-17-13)6-11(14)9-15-8-10-2-3-10/h6-7,10,15H,2-5,8-9H2,1H3. The lowest BCUT2D eigenvalue weighted by atomic mass is 10.2. The van der Waals surface area contributed by atoms with Crippen molar-refractivity contribution in [2.75, 3.05) is 26.0 Å². The van der Waals surface area contributed by atoms with E-state index in [-0.39, 0.29) is 0 Å². The third-order valence-electron chi connectivity index (χ3n) is 3.39. The van der Waals surface area contributed by atoms with Gasteiger partial charge < -0.3 is 14.8 Å². The Morgan fingerprint density at radius 3 is 2.61 bits per heavy atom. The molecule has 1 fully saturated rings. The Morgan fingerprint density at radius 2 is 1.94 bits per heavy atom. The molecule has 0 saturated heterocycles. The van der Waals surface area contributed by atoms with Gasteiger partial charge in [-0.05, 0) is 49.3 Å². The second kappa shape index (κ2) is 5.41. The van der Waals surface area contributed by atoms with Crippen LogP contribution in [0.3, 0.4) is 0 Å². The van der Waals surface area contributed by atoms with Crippen molar-refractivity contribution >= 4 is 11.8 Å². The van der Waals surface area contributed by atoms with E-state index in [9.17, 15) is 0 Å². The molecule has 1 saturated carbocycles. The van der Waals surface area contributed by atoms with Gasteiger partial charge in [0.05, 0.1) is 0 Å². The number of fused-ring (bicyclic) bond motifs is 1. The van der Waals surface area contributed by atoms with Gasteiger partial charge in [0.1, 0.15) is 13.2 Å². The fourth-order valence-electron chi connectivity index (χ4n) is 2.17. The van der Waals surface area contributed by atoms with Gasteiger partial charge in [-0.25, -0.2) is 0 Å². The number of benzene rings is 1. The molecule has 0 bridgehead atoms. The maximum absolute atomic E-state index is 5.64. The zero-order valence-corrected chi connectivity index (χ0v) is 11.5. The topological polar surface area (TPSA) is 30.5 Å². The number of hydrogen-bond donors (Lipinski definition) is 1. The van der Waals surface area contributed by atoms with Crippen molar-refractivity contribution in [3.63, 3.8) is 0 Å². The summed E-state index contributed by atoms with van der Waals surface area (Å²) in [6.45, 7) is 3.37. The second-order valence-corrected chi connectivity index (χ2v) is 5.73. The second-order valence-electron chi connectivity index (χ2n) is 4.88. The fourth-order valence-corrected chi connectivity index (χ4v) is 2.79. The molecule has 1 heterocycles. The van der Waals surface area contributed by atoms with E-state index < -0.39 is 0 Å². The molecule has 18 heavy (non-hydrogen) atoms. The van der Waals surface area contributed by atoms with E-state index in [4.69, 9.17) is 9.47 Å². The summed E-state index contributed by atoms with van der Waals surface area (Å²) in [5.74, 6) is 2.69. The first-order chi connectivity index (χ1) is 8.86. The van der Waals surface area contributed by atoms with Crippen molar-refractivity contribution in [3.05, 3.63) is 17.7 Å². The third-order valence-corrected chi connectivity index (χ3v) is 4.21. The summed E-state index contributed by atoms with van der Waals surface area (Å²) in [7, 11) is 0. The van der Waals surface area contributed by atoms with Gasteiger partial charge in [-0.3, -0.25) is 0 Å². The van der Waals surface area contributed by atoms with Crippen LogP contribution >= 0.6 is 11.8 Å². The summed E-state index contributed by atoms with van der Waals surface area (Å²) < 4.78 is 11.3. The number of hydrogen-bond acceptors (Lipinski definition) is 4. The lowest BCUT2D eigenvalue weighted by molar-refractivity contribution is 0.171. The number of rotatable bonds is 5. The predicted octanol–water partition coefficient (Wildman–Crippen LogP) is 2.68. The molecule has 4 heteroatoms. The van der Waals surface area contributed by atoms with Crippen LogP contribution in [0.4, 0.5) is 0 Å². The van der Waals surface area contributed by atoms with Gasteiger partial charge >= 0.3 is 0 Å². The molecule has 0 aromatic heterocycles. The molecule has 3 nitrogen and oxygen atoms in total. The maximum Gasteiger partial charge on any atom is 0.162 e. The van der Waals surface area contributed by atoms with Crippen LogP contribution in [0, 0.1) is 5.92 Å². The average molecular weight is 265 g/mol. The minimum atomic E-state index is 0.653. The van der Waals surface area contributed by atoms with Gasteiger partial charge in [-0.15, -0.1) is 11.8 Å². The molecule has 1 aromatic carbocycles. The van der Waals surface area contributed by atoms with Crippen LogP contribution in [0.5, 0.6) is 11.5 Å². The molecule has 0 amide bonds. The lowest BCUT2D eigenvalue weighted by Crippen LogP contribution is -2.18. The summed E-state index contributed by atoms with van der Waals surface area (Å²) in [5, 5.41) is 3.54. The summed E-state index contributed by atoms with van der Waals surface area (Å²) >= 11 is 1.77. The average Bonchev–Trinajstić information content (AvgIpc) is 3.22. The molecule has 0 atom stereocenters. The highest BCUT2D eigenvalue weighted by Crippen LogP contribution is 2.36. The SMILES string of the molecule is CSc1cc2c(cc1CNCC1CC1)OCCO2. The Kier molecular flexibility index (Phi) is 3.66. The maximum atomic E-state index is 5.64. The quantitative estimate of drug-likeness (QED) is 0.829. The highest BCUT2D eigenvalue weighted by Gasteiger charge is 2.21. The van der Waals surface area contributed by atoms with Crippen molar-refractivity contribution in [2.45, 2.75) is 24.3 Å². The Balaban J connectivity index is 1.73. The van der Waals surface area contributed by atoms with Crippen molar-refractivity contribution in [3.8, 4) is 11.5 Å². The minimum Gasteiger partial charge on any atom is -0.486 e. The number of nitrogens with one attached hydrogen (secondary N) is 1. The van der Waals surface area contributed by atoms with Gasteiger partial charge in [0.2, 0.25) is 0 Å². The fraction of sp³-hybridized carbons (Fsp3) is 0.571. The van der Waals surface area contributed by atoms with E-state index in [1.807, 2.05) is 0 Å². The van der Waals surface area contributed by atoms with Crippen LogP contribution < -0.4 is 14.8 Å². The van der Waals surface area contributed by atoms with Gasteiger partial charge in [-0.1, -0.05) is 0 Å². The van der Waals surface area contributed by atoms with Crippen molar-refractivity contribution in [2.24, 2.45) is 5.92 Å². The normalized spacial score (nSPS) is 17.8. The van der Waals surface area contributed by atoms with Crippen molar-refractivity contribution in [1.82, 2.24) is 5.32 Å². The zero-order chi connectivity index (χ0) is 12.4. The van der Waals surface area contributed by atoms with E-state index in [0.29, 0.717) is 13.2 Å². The van der Waals surface area contributed by atoms with Crippen LogP contribution in [0.2, 0.25) is 0 Å². The smallest absolute Gasteiger partial charge is 0.162 e. The predicted molar refractivity (Wildman–Crippen MR) is 73.6 cm³/mol. The van der Waals surface area contributed by atoms with Crippen LogP contribution in [0.15, 0.2) is 17.0 Å². The Morgan fingerprint density at radius 1 is 1.22 bits per heavy atom. The van der Waals surface area contributed by atoms with Gasteiger partial charge in [-0.2, -0.15) is 0 Å². The molecule has 0 radical (unpaired) electrons. The molecular formula is C14H19NO2S. The van der Waals surface area contributed by atoms with Crippen LogP contribution in [-0.2, 0) is 6.54 Å². The molecule has 3 rings (SSSR count). The van der Waals surface area contributed by atoms with Gasteiger partial charge in [0.15, 0.2) is 11.5 Å². The molecule has 1 aromatic rings. The largest absolute Gasteiger partial charge is 0.486 e. The first kappa shape index (κ1) is 12.2. The van der Waals surface area contributed by atoms with Crippen LogP contribution in [0.25, 0.3) is 0 Å². The summed E-state index contributed by atoms with van der Waals surface area (Å²) in [6.07, 6.45) is 4.89.